The second-order valence-corrected chi connectivity index (χ2v) is 4.94. The summed E-state index contributed by atoms with van der Waals surface area (Å²) in [7, 11) is -1.61. The molecule has 0 bridgehead atoms. The van der Waals surface area contributed by atoms with Crippen LogP contribution in [0.3, 0.4) is 0 Å². The molecular formula is C6H15NO2S. The van der Waals surface area contributed by atoms with Gasteiger partial charge in [-0.25, -0.2) is 13.1 Å². The molecular weight excluding hydrogens is 150 g/mol. The predicted octanol–water partition coefficient (Wildman–Crippen LogP) is 0.580. The van der Waals surface area contributed by atoms with Crippen molar-refractivity contribution in [2.24, 2.45) is 5.92 Å². The molecule has 3 nitrogen and oxygen atoms in total. The van der Waals surface area contributed by atoms with Gasteiger partial charge in [-0.1, -0.05) is 13.8 Å². The number of nitrogens with one attached hydrogen (secondary N) is 1. The first kappa shape index (κ1) is 9.91. The van der Waals surface area contributed by atoms with E-state index < -0.39 is 10.0 Å². The molecule has 0 unspecified atom stereocenters. The first-order chi connectivity index (χ1) is 4.41. The van der Waals surface area contributed by atoms with E-state index in [4.69, 9.17) is 0 Å². The fourth-order valence-electron chi connectivity index (χ4n) is 0.544. The molecule has 0 heterocycles. The van der Waals surface area contributed by atoms with Crippen LogP contribution in [0.5, 0.6) is 0 Å². The van der Waals surface area contributed by atoms with Crippen LogP contribution < -0.4 is 4.72 Å². The van der Waals surface area contributed by atoms with Gasteiger partial charge in [-0.15, -0.1) is 0 Å². The number of rotatable bonds is 3. The highest BCUT2D eigenvalue weighted by Gasteiger charge is 2.21. The van der Waals surface area contributed by atoms with Gasteiger partial charge in [0.05, 0.1) is 5.25 Å². The highest BCUT2D eigenvalue weighted by Crippen LogP contribution is 2.08. The van der Waals surface area contributed by atoms with Crippen LogP contribution in [0.15, 0.2) is 0 Å². The molecule has 0 saturated carbocycles. The van der Waals surface area contributed by atoms with E-state index in [0.717, 1.165) is 0 Å². The minimum absolute atomic E-state index is 0.164. The second-order valence-electron chi connectivity index (χ2n) is 2.70. The lowest BCUT2D eigenvalue weighted by molar-refractivity contribution is 0.538. The Labute approximate surface area is 62.9 Å². The Morgan fingerprint density at radius 2 is 1.60 bits per heavy atom. The minimum atomic E-state index is -3.05. The van der Waals surface area contributed by atoms with Crippen LogP contribution in [-0.2, 0) is 10.0 Å². The third kappa shape index (κ3) is 2.27. The van der Waals surface area contributed by atoms with Crippen LogP contribution in [-0.4, -0.2) is 20.7 Å². The summed E-state index contributed by atoms with van der Waals surface area (Å²) in [6.07, 6.45) is 0. The molecule has 0 aromatic heterocycles. The maximum atomic E-state index is 11.0. The van der Waals surface area contributed by atoms with Gasteiger partial charge in [0, 0.05) is 0 Å². The van der Waals surface area contributed by atoms with Gasteiger partial charge in [-0.3, -0.25) is 0 Å². The molecule has 1 N–H and O–H groups in total. The van der Waals surface area contributed by atoms with Gasteiger partial charge in [0.1, 0.15) is 0 Å². The fraction of sp³-hybridized carbons (Fsp3) is 1.00. The maximum absolute atomic E-state index is 11.0. The summed E-state index contributed by atoms with van der Waals surface area (Å²) in [4.78, 5) is 0. The predicted molar refractivity (Wildman–Crippen MR) is 42.3 cm³/mol. The fourth-order valence-corrected chi connectivity index (χ4v) is 1.63. The third-order valence-corrected chi connectivity index (χ3v) is 3.81. The Morgan fingerprint density at radius 3 is 1.70 bits per heavy atom. The zero-order chi connectivity index (χ0) is 8.36. The summed E-state index contributed by atoms with van der Waals surface area (Å²) in [5.41, 5.74) is 0. The standard InChI is InChI=1S/C6H15NO2S/c1-5(2)6(3)10(8,9)7-4/h5-7H,1-4H3/t6-/m1/s1. The largest absolute Gasteiger partial charge is 0.218 e. The van der Waals surface area contributed by atoms with Crippen LogP contribution >= 0.6 is 0 Å². The molecule has 4 heteroatoms. The Bertz CT molecular complexity index is 184. The van der Waals surface area contributed by atoms with Crippen molar-refractivity contribution in [3.63, 3.8) is 0 Å². The van der Waals surface area contributed by atoms with Crippen molar-refractivity contribution in [2.45, 2.75) is 26.0 Å². The van der Waals surface area contributed by atoms with Gasteiger partial charge < -0.3 is 0 Å². The highest BCUT2D eigenvalue weighted by molar-refractivity contribution is 7.90. The molecule has 0 aromatic carbocycles. The van der Waals surface area contributed by atoms with Gasteiger partial charge in [0.2, 0.25) is 10.0 Å². The van der Waals surface area contributed by atoms with Crippen molar-refractivity contribution in [3.05, 3.63) is 0 Å². The van der Waals surface area contributed by atoms with Crippen LogP contribution in [0.4, 0.5) is 0 Å². The minimum Gasteiger partial charge on any atom is -0.218 e. The first-order valence-electron chi connectivity index (χ1n) is 3.34. The maximum Gasteiger partial charge on any atom is 0.214 e. The lowest BCUT2D eigenvalue weighted by atomic mass is 10.2. The average molecular weight is 165 g/mol. The topological polar surface area (TPSA) is 46.2 Å². The van der Waals surface area contributed by atoms with Crippen molar-refractivity contribution < 1.29 is 8.42 Å². The Kier molecular flexibility index (Phi) is 3.31. The van der Waals surface area contributed by atoms with Gasteiger partial charge in [-0.2, -0.15) is 0 Å². The van der Waals surface area contributed by atoms with Gasteiger partial charge >= 0.3 is 0 Å². The normalized spacial score (nSPS) is 15.7. The molecule has 0 aliphatic rings. The van der Waals surface area contributed by atoms with E-state index in [1.54, 1.807) is 6.92 Å². The lowest BCUT2D eigenvalue weighted by Crippen LogP contribution is -2.32. The van der Waals surface area contributed by atoms with Crippen LogP contribution in [0.25, 0.3) is 0 Å². The molecule has 0 fully saturated rings. The van der Waals surface area contributed by atoms with Crippen molar-refractivity contribution in [1.29, 1.82) is 0 Å². The van der Waals surface area contributed by atoms with Crippen molar-refractivity contribution in [1.82, 2.24) is 4.72 Å². The summed E-state index contributed by atoms with van der Waals surface area (Å²) in [5.74, 6) is 0.164. The molecule has 0 aromatic rings. The van der Waals surface area contributed by atoms with Gasteiger partial charge in [0.25, 0.3) is 0 Å². The van der Waals surface area contributed by atoms with Crippen LogP contribution in [0.1, 0.15) is 20.8 Å². The van der Waals surface area contributed by atoms with E-state index in [1.807, 2.05) is 13.8 Å². The highest BCUT2D eigenvalue weighted by atomic mass is 32.2. The number of sulfonamides is 1. The number of hydrogen-bond acceptors (Lipinski definition) is 2. The van der Waals surface area contributed by atoms with Crippen molar-refractivity contribution in [3.8, 4) is 0 Å². The van der Waals surface area contributed by atoms with Crippen LogP contribution in [0, 0.1) is 5.92 Å². The quantitative estimate of drug-likeness (QED) is 0.665. The molecule has 0 amide bonds. The summed E-state index contributed by atoms with van der Waals surface area (Å²) >= 11 is 0. The summed E-state index contributed by atoms with van der Waals surface area (Å²) < 4.78 is 24.4. The van der Waals surface area contributed by atoms with Crippen molar-refractivity contribution in [2.75, 3.05) is 7.05 Å². The Morgan fingerprint density at radius 1 is 1.20 bits per heavy atom. The lowest BCUT2D eigenvalue weighted by Gasteiger charge is -2.14. The average Bonchev–Trinajstić information content (AvgIpc) is 1.86. The Hall–Kier alpha value is -0.0900. The zero-order valence-electron chi connectivity index (χ0n) is 6.88. The molecule has 0 rings (SSSR count). The second kappa shape index (κ2) is 3.34. The summed E-state index contributed by atoms with van der Waals surface area (Å²) in [6.45, 7) is 5.48. The van der Waals surface area contributed by atoms with Crippen LogP contribution in [0.2, 0.25) is 0 Å². The van der Waals surface area contributed by atoms with E-state index in [0.29, 0.717) is 0 Å². The van der Waals surface area contributed by atoms with E-state index in [2.05, 4.69) is 4.72 Å². The SMILES string of the molecule is CNS(=O)(=O)[C@H](C)C(C)C. The monoisotopic (exact) mass is 165 g/mol. The molecule has 1 atom stereocenters. The van der Waals surface area contributed by atoms with Crippen molar-refractivity contribution >= 4 is 10.0 Å². The smallest absolute Gasteiger partial charge is 0.214 e. The molecule has 10 heavy (non-hydrogen) atoms. The van der Waals surface area contributed by atoms with Gasteiger partial charge in [0.15, 0.2) is 0 Å². The van der Waals surface area contributed by atoms with E-state index >= 15 is 0 Å². The molecule has 62 valence electrons. The first-order valence-corrected chi connectivity index (χ1v) is 4.88. The molecule has 0 aliphatic carbocycles. The van der Waals surface area contributed by atoms with E-state index in [-0.39, 0.29) is 11.2 Å². The molecule has 0 saturated heterocycles. The van der Waals surface area contributed by atoms with Gasteiger partial charge in [-0.05, 0) is 19.9 Å². The molecule has 0 radical (unpaired) electrons. The zero-order valence-corrected chi connectivity index (χ0v) is 7.70. The third-order valence-electron chi connectivity index (χ3n) is 1.71. The number of hydrogen-bond donors (Lipinski definition) is 1. The van der Waals surface area contributed by atoms with E-state index in [1.165, 1.54) is 7.05 Å². The Balaban J connectivity index is 4.35. The molecule has 0 spiro atoms. The van der Waals surface area contributed by atoms with E-state index in [9.17, 15) is 8.42 Å². The summed E-state index contributed by atoms with van der Waals surface area (Å²) in [5, 5.41) is -0.308. The summed E-state index contributed by atoms with van der Waals surface area (Å²) in [6, 6.07) is 0. The molecule has 0 aliphatic heterocycles.